The van der Waals surface area contributed by atoms with E-state index in [1.165, 1.54) is 29.2 Å². The summed E-state index contributed by atoms with van der Waals surface area (Å²) in [6.07, 6.45) is 0. The maximum atomic E-state index is 11.8. The summed E-state index contributed by atoms with van der Waals surface area (Å²) in [6, 6.07) is 5.39. The number of benzene rings is 1. The van der Waals surface area contributed by atoms with Crippen LogP contribution in [0.5, 0.6) is 0 Å². The van der Waals surface area contributed by atoms with Gasteiger partial charge in [0.05, 0.1) is 38.2 Å². The van der Waals surface area contributed by atoms with Crippen molar-refractivity contribution >= 4 is 17.4 Å². The van der Waals surface area contributed by atoms with Crippen LogP contribution >= 0.6 is 0 Å². The second-order valence-electron chi connectivity index (χ2n) is 4.81. The van der Waals surface area contributed by atoms with Gasteiger partial charge in [-0.15, -0.1) is 0 Å². The lowest BCUT2D eigenvalue weighted by Gasteiger charge is -2.30. The monoisotopic (exact) mass is 280 g/mol. The molecule has 0 atom stereocenters. The van der Waals surface area contributed by atoms with Crippen molar-refractivity contribution in [3.63, 3.8) is 0 Å². The number of nitrogens with zero attached hydrogens (tertiary/aromatic N) is 2. The van der Waals surface area contributed by atoms with Gasteiger partial charge in [-0.05, 0) is 12.1 Å². The Kier molecular flexibility index (Phi) is 4.49. The van der Waals surface area contributed by atoms with Crippen molar-refractivity contribution in [3.05, 3.63) is 34.4 Å². The van der Waals surface area contributed by atoms with Gasteiger partial charge in [0.25, 0.3) is 5.69 Å². The van der Waals surface area contributed by atoms with Crippen LogP contribution in [0.4, 0.5) is 16.2 Å². The third-order valence-corrected chi connectivity index (χ3v) is 3.21. The quantitative estimate of drug-likeness (QED) is 0.512. The molecule has 0 spiro atoms. The minimum atomic E-state index is -0.476. The molecule has 3 N–H and O–H groups in total. The minimum Gasteiger partial charge on any atom is -0.335 e. The normalized spacial score (nSPS) is 16.6. The number of urea groups is 1. The number of nitro benzene ring substituents is 1. The highest BCUT2D eigenvalue weighted by Gasteiger charge is 2.18. The number of hydrogen-bond acceptors (Lipinski definition) is 4. The fourth-order valence-electron chi connectivity index (χ4n) is 1.97. The maximum Gasteiger partial charge on any atom is 0.333 e. The van der Waals surface area contributed by atoms with Gasteiger partial charge < -0.3 is 10.2 Å². The van der Waals surface area contributed by atoms with Crippen molar-refractivity contribution in [3.8, 4) is 0 Å². The average Bonchev–Trinajstić information content (AvgIpc) is 2.42. The van der Waals surface area contributed by atoms with Crippen LogP contribution in [-0.2, 0) is 0 Å². The van der Waals surface area contributed by atoms with Crippen molar-refractivity contribution in [2.75, 3.05) is 38.5 Å². The number of rotatable bonds is 3. The Morgan fingerprint density at radius 3 is 2.45 bits per heavy atom. The number of non-ortho nitro benzene ring substituents is 1. The van der Waals surface area contributed by atoms with Crippen LogP contribution in [0.15, 0.2) is 24.3 Å². The molecule has 1 aromatic rings. The lowest BCUT2D eigenvalue weighted by molar-refractivity contribution is -0.884. The van der Waals surface area contributed by atoms with Gasteiger partial charge in [-0.3, -0.25) is 15.5 Å². The molecule has 0 bridgehead atoms. The van der Waals surface area contributed by atoms with Crippen molar-refractivity contribution in [1.82, 2.24) is 10.4 Å². The van der Waals surface area contributed by atoms with Gasteiger partial charge >= 0.3 is 6.03 Å². The van der Waals surface area contributed by atoms with Crippen LogP contribution in [0.2, 0.25) is 0 Å². The first-order valence-corrected chi connectivity index (χ1v) is 6.43. The van der Waals surface area contributed by atoms with E-state index in [-0.39, 0.29) is 11.7 Å². The van der Waals surface area contributed by atoms with Crippen LogP contribution in [0.1, 0.15) is 0 Å². The molecule has 1 heterocycles. The number of quaternary nitrogens is 1. The van der Waals surface area contributed by atoms with E-state index in [0.717, 1.165) is 26.2 Å². The van der Waals surface area contributed by atoms with Crippen LogP contribution in [0, 0.1) is 10.1 Å². The van der Waals surface area contributed by atoms with E-state index in [0.29, 0.717) is 5.69 Å². The number of nitro groups is 1. The molecule has 8 nitrogen and oxygen atoms in total. The maximum absolute atomic E-state index is 11.8. The topological polar surface area (TPSA) is 92.0 Å². The molecule has 8 heteroatoms. The SMILES string of the molecule is C[NH+]1CCN(NC(=O)Nc2ccc([N+](=O)[O-])cc2)CC1. The summed E-state index contributed by atoms with van der Waals surface area (Å²) in [4.78, 5) is 23.3. The predicted molar refractivity (Wildman–Crippen MR) is 73.4 cm³/mol. The first-order chi connectivity index (χ1) is 9.54. The number of hydrazine groups is 1. The summed E-state index contributed by atoms with van der Waals surface area (Å²) in [6.45, 7) is 3.58. The molecule has 0 aliphatic carbocycles. The predicted octanol–water partition coefficient (Wildman–Crippen LogP) is -0.538. The zero-order chi connectivity index (χ0) is 14.5. The zero-order valence-electron chi connectivity index (χ0n) is 11.3. The van der Waals surface area contributed by atoms with E-state index >= 15 is 0 Å². The molecule has 2 amide bonds. The molecule has 0 radical (unpaired) electrons. The highest BCUT2D eigenvalue weighted by atomic mass is 16.6. The second-order valence-corrected chi connectivity index (χ2v) is 4.81. The van der Waals surface area contributed by atoms with E-state index in [9.17, 15) is 14.9 Å². The largest absolute Gasteiger partial charge is 0.335 e. The molecular formula is C12H18N5O3+. The average molecular weight is 280 g/mol. The van der Waals surface area contributed by atoms with Crippen molar-refractivity contribution in [1.29, 1.82) is 0 Å². The van der Waals surface area contributed by atoms with Gasteiger partial charge in [0, 0.05) is 17.8 Å². The van der Waals surface area contributed by atoms with Crippen molar-refractivity contribution in [2.45, 2.75) is 0 Å². The Morgan fingerprint density at radius 2 is 1.90 bits per heavy atom. The Balaban J connectivity index is 1.83. The van der Waals surface area contributed by atoms with Gasteiger partial charge in [0.1, 0.15) is 0 Å². The number of carbonyl (C=O) groups excluding carboxylic acids is 1. The number of anilines is 1. The van der Waals surface area contributed by atoms with E-state index in [1.54, 1.807) is 0 Å². The molecule has 20 heavy (non-hydrogen) atoms. The minimum absolute atomic E-state index is 0.00185. The fourth-order valence-corrected chi connectivity index (χ4v) is 1.97. The molecule has 0 unspecified atom stereocenters. The Morgan fingerprint density at radius 1 is 1.30 bits per heavy atom. The van der Waals surface area contributed by atoms with Gasteiger partial charge in [-0.2, -0.15) is 0 Å². The number of nitrogens with one attached hydrogen (secondary N) is 3. The number of carbonyl (C=O) groups is 1. The third-order valence-electron chi connectivity index (χ3n) is 3.21. The number of likely N-dealkylation sites (N-methyl/N-ethyl adjacent to an activating group) is 1. The molecule has 2 rings (SSSR count). The molecule has 108 valence electrons. The molecule has 1 aliphatic rings. The number of hydrogen-bond donors (Lipinski definition) is 3. The fraction of sp³-hybridized carbons (Fsp3) is 0.417. The lowest BCUT2D eigenvalue weighted by Crippen LogP contribution is -3.12. The molecular weight excluding hydrogens is 262 g/mol. The molecule has 1 fully saturated rings. The van der Waals surface area contributed by atoms with Crippen molar-refractivity contribution in [2.24, 2.45) is 0 Å². The summed E-state index contributed by atoms with van der Waals surface area (Å²) < 4.78 is 0. The number of piperazine rings is 1. The van der Waals surface area contributed by atoms with Crippen LogP contribution in [-0.4, -0.2) is 49.2 Å². The summed E-state index contributed by atoms with van der Waals surface area (Å²) in [5, 5.41) is 15.0. The molecule has 1 saturated heterocycles. The number of amides is 2. The van der Waals surface area contributed by atoms with Crippen LogP contribution < -0.4 is 15.6 Å². The molecule has 1 aliphatic heterocycles. The summed E-state index contributed by atoms with van der Waals surface area (Å²) in [7, 11) is 2.12. The van der Waals surface area contributed by atoms with Gasteiger partial charge in [0.15, 0.2) is 0 Å². The first-order valence-electron chi connectivity index (χ1n) is 6.43. The molecule has 0 saturated carbocycles. The smallest absolute Gasteiger partial charge is 0.333 e. The van der Waals surface area contributed by atoms with E-state index < -0.39 is 4.92 Å². The highest BCUT2D eigenvalue weighted by Crippen LogP contribution is 2.15. The Hall–Kier alpha value is -2.19. The van der Waals surface area contributed by atoms with Gasteiger partial charge in [0.2, 0.25) is 0 Å². The van der Waals surface area contributed by atoms with E-state index in [2.05, 4.69) is 17.8 Å². The zero-order valence-corrected chi connectivity index (χ0v) is 11.3. The van der Waals surface area contributed by atoms with Crippen molar-refractivity contribution < 1.29 is 14.6 Å². The molecule has 0 aromatic heterocycles. The van der Waals surface area contributed by atoms with Gasteiger partial charge in [-0.1, -0.05) is 0 Å². The third kappa shape index (κ3) is 3.90. The highest BCUT2D eigenvalue weighted by molar-refractivity contribution is 5.88. The standard InChI is InChI=1S/C12H17N5O3/c1-15-6-8-16(9-7-15)14-12(18)13-10-2-4-11(5-3-10)17(19)20/h2-5H,6-9H2,1H3,(H2,13,14,18)/p+1. The Bertz CT molecular complexity index is 482. The van der Waals surface area contributed by atoms with Crippen LogP contribution in [0.25, 0.3) is 0 Å². The van der Waals surface area contributed by atoms with Gasteiger partial charge in [-0.25, -0.2) is 9.80 Å². The summed E-state index contributed by atoms with van der Waals surface area (Å²) in [5.74, 6) is 0. The summed E-state index contributed by atoms with van der Waals surface area (Å²) in [5.41, 5.74) is 3.28. The first kappa shape index (κ1) is 14.2. The summed E-state index contributed by atoms with van der Waals surface area (Å²) >= 11 is 0. The van der Waals surface area contributed by atoms with E-state index in [4.69, 9.17) is 0 Å². The Labute approximate surface area is 116 Å². The molecule has 1 aromatic carbocycles. The lowest BCUT2D eigenvalue weighted by atomic mass is 10.3. The second kappa shape index (κ2) is 6.31. The van der Waals surface area contributed by atoms with Crippen LogP contribution in [0.3, 0.4) is 0 Å². The van der Waals surface area contributed by atoms with E-state index in [1.807, 2.05) is 5.01 Å².